The van der Waals surface area contributed by atoms with Gasteiger partial charge in [-0.05, 0) is 26.7 Å². The van der Waals surface area contributed by atoms with Crippen LogP contribution in [0.25, 0.3) is 0 Å². The van der Waals surface area contributed by atoms with Gasteiger partial charge in [0.25, 0.3) is 0 Å². The second kappa shape index (κ2) is 7.40. The van der Waals surface area contributed by atoms with Gasteiger partial charge in [-0.25, -0.2) is 10.2 Å². The zero-order valence-electron chi connectivity index (χ0n) is 14.0. The molecule has 2 atom stereocenters. The Bertz CT molecular complexity index is 498. The Hall–Kier alpha value is -2.16. The van der Waals surface area contributed by atoms with Gasteiger partial charge in [0.1, 0.15) is 17.7 Å². The van der Waals surface area contributed by atoms with E-state index in [4.69, 9.17) is 4.74 Å². The Morgan fingerprint density at radius 1 is 1.26 bits per heavy atom. The van der Waals surface area contributed by atoms with E-state index in [2.05, 4.69) is 21.5 Å². The first-order chi connectivity index (χ1) is 10.5. The fraction of sp³-hybridized carbons (Fsp3) is 0.714. The third-order valence-electron chi connectivity index (χ3n) is 2.99. The normalized spacial score (nSPS) is 19.8. The number of hydrazine groups is 1. The number of carbonyl (C=O) groups is 4. The third-order valence-corrected chi connectivity index (χ3v) is 2.99. The number of alkyl carbamates (subject to hydrolysis) is 1. The molecule has 9 heteroatoms. The number of amides is 3. The molecule has 0 radical (unpaired) electrons. The average Bonchev–Trinajstić information content (AvgIpc) is 2.39. The highest BCUT2D eigenvalue weighted by molar-refractivity contribution is 6.39. The van der Waals surface area contributed by atoms with Gasteiger partial charge < -0.3 is 15.4 Å². The summed E-state index contributed by atoms with van der Waals surface area (Å²) in [5, 5.41) is 4.95. The van der Waals surface area contributed by atoms with E-state index in [-0.39, 0.29) is 12.5 Å². The van der Waals surface area contributed by atoms with E-state index >= 15 is 0 Å². The lowest BCUT2D eigenvalue weighted by Gasteiger charge is -2.28. The molecule has 23 heavy (non-hydrogen) atoms. The first kappa shape index (κ1) is 18.9. The van der Waals surface area contributed by atoms with Crippen molar-refractivity contribution < 1.29 is 23.9 Å². The van der Waals surface area contributed by atoms with Crippen LogP contribution in [0.3, 0.4) is 0 Å². The van der Waals surface area contributed by atoms with Crippen molar-refractivity contribution >= 4 is 23.7 Å². The molecule has 1 aliphatic heterocycles. The van der Waals surface area contributed by atoms with Crippen LogP contribution in [0.2, 0.25) is 0 Å². The smallest absolute Gasteiger partial charge is 0.408 e. The van der Waals surface area contributed by atoms with E-state index in [0.717, 1.165) is 0 Å². The lowest BCUT2D eigenvalue weighted by molar-refractivity contribution is -0.142. The molecule has 0 spiro atoms. The standard InChI is InChI=1S/C14H24N4O5/c1-7(2)9(17-13(22)23-14(3,4)5)11(20)16-8-6-15-18-12(21)10(8)19/h7-9,15H,6H2,1-5H3,(H,16,20)(H,17,22)(H,18,21). The summed E-state index contributed by atoms with van der Waals surface area (Å²) in [6.45, 7) is 8.70. The number of ether oxygens (including phenoxy) is 1. The van der Waals surface area contributed by atoms with Gasteiger partial charge in [0.2, 0.25) is 11.7 Å². The second-order valence-corrected chi connectivity index (χ2v) is 6.63. The fourth-order valence-electron chi connectivity index (χ4n) is 1.89. The minimum Gasteiger partial charge on any atom is -0.444 e. The highest BCUT2D eigenvalue weighted by Gasteiger charge is 2.34. The maximum atomic E-state index is 12.3. The van der Waals surface area contributed by atoms with E-state index in [1.807, 2.05) is 0 Å². The molecular formula is C14H24N4O5. The van der Waals surface area contributed by atoms with Crippen molar-refractivity contribution in [3.8, 4) is 0 Å². The van der Waals surface area contributed by atoms with Crippen LogP contribution in [-0.4, -0.2) is 47.9 Å². The molecule has 0 aliphatic carbocycles. The molecule has 1 heterocycles. The number of hydrogen-bond donors (Lipinski definition) is 4. The zero-order chi connectivity index (χ0) is 17.8. The SMILES string of the molecule is CC(C)C(NC(=O)OC(C)(C)C)C(=O)NC1CNNC(=O)C1=O. The Labute approximate surface area is 134 Å². The molecule has 1 saturated heterocycles. The molecule has 4 N–H and O–H groups in total. The van der Waals surface area contributed by atoms with Crippen LogP contribution < -0.4 is 21.5 Å². The van der Waals surface area contributed by atoms with Gasteiger partial charge in [-0.3, -0.25) is 19.8 Å². The summed E-state index contributed by atoms with van der Waals surface area (Å²) in [7, 11) is 0. The molecule has 1 fully saturated rings. The van der Waals surface area contributed by atoms with Crippen LogP contribution in [0.4, 0.5) is 4.79 Å². The minimum absolute atomic E-state index is 0.0770. The van der Waals surface area contributed by atoms with E-state index in [9.17, 15) is 19.2 Å². The summed E-state index contributed by atoms with van der Waals surface area (Å²) in [5.74, 6) is -2.34. The van der Waals surface area contributed by atoms with Gasteiger partial charge in [0, 0.05) is 6.54 Å². The number of Topliss-reactive ketones (excluding diaryl/α,β-unsaturated/α-hetero) is 1. The van der Waals surface area contributed by atoms with Gasteiger partial charge >= 0.3 is 12.0 Å². The number of ketones is 1. The Balaban J connectivity index is 2.69. The monoisotopic (exact) mass is 328 g/mol. The Morgan fingerprint density at radius 3 is 2.39 bits per heavy atom. The molecule has 3 amide bonds. The van der Waals surface area contributed by atoms with E-state index < -0.39 is 41.4 Å². The van der Waals surface area contributed by atoms with Crippen LogP contribution in [0.5, 0.6) is 0 Å². The molecule has 0 aromatic heterocycles. The summed E-state index contributed by atoms with van der Waals surface area (Å²) >= 11 is 0. The number of nitrogens with one attached hydrogen (secondary N) is 4. The summed E-state index contributed by atoms with van der Waals surface area (Å²) in [4.78, 5) is 47.1. The number of rotatable bonds is 4. The van der Waals surface area contributed by atoms with Gasteiger partial charge in [0.15, 0.2) is 0 Å². The van der Waals surface area contributed by atoms with Crippen LogP contribution >= 0.6 is 0 Å². The van der Waals surface area contributed by atoms with Crippen molar-refractivity contribution in [1.29, 1.82) is 0 Å². The van der Waals surface area contributed by atoms with E-state index in [0.29, 0.717) is 0 Å². The predicted molar refractivity (Wildman–Crippen MR) is 81.1 cm³/mol. The molecule has 1 rings (SSSR count). The maximum Gasteiger partial charge on any atom is 0.408 e. The first-order valence-corrected chi connectivity index (χ1v) is 7.38. The molecular weight excluding hydrogens is 304 g/mol. The van der Waals surface area contributed by atoms with Crippen LogP contribution in [0, 0.1) is 5.92 Å². The van der Waals surface area contributed by atoms with Crippen molar-refractivity contribution in [1.82, 2.24) is 21.5 Å². The van der Waals surface area contributed by atoms with Gasteiger partial charge in [-0.15, -0.1) is 0 Å². The second-order valence-electron chi connectivity index (χ2n) is 6.63. The summed E-state index contributed by atoms with van der Waals surface area (Å²) < 4.78 is 5.12. The van der Waals surface area contributed by atoms with Crippen molar-refractivity contribution in [2.45, 2.75) is 52.3 Å². The van der Waals surface area contributed by atoms with Crippen molar-refractivity contribution in [2.24, 2.45) is 5.92 Å². The van der Waals surface area contributed by atoms with Gasteiger partial charge in [-0.2, -0.15) is 0 Å². The third kappa shape index (κ3) is 5.85. The molecule has 130 valence electrons. The first-order valence-electron chi connectivity index (χ1n) is 7.38. The van der Waals surface area contributed by atoms with Crippen molar-refractivity contribution in [3.05, 3.63) is 0 Å². The Kier molecular flexibility index (Phi) is 6.08. The van der Waals surface area contributed by atoms with E-state index in [1.54, 1.807) is 34.6 Å². The minimum atomic E-state index is -0.974. The molecule has 0 bridgehead atoms. The number of carbonyl (C=O) groups excluding carboxylic acids is 4. The lowest BCUT2D eigenvalue weighted by atomic mass is 10.0. The predicted octanol–water partition coefficient (Wildman–Crippen LogP) is -0.776. The van der Waals surface area contributed by atoms with Crippen LogP contribution in [-0.2, 0) is 19.1 Å². The molecule has 9 nitrogen and oxygen atoms in total. The summed E-state index contributed by atoms with van der Waals surface area (Å²) in [5.41, 5.74) is 3.99. The van der Waals surface area contributed by atoms with E-state index in [1.165, 1.54) is 0 Å². The maximum absolute atomic E-state index is 12.3. The highest BCUT2D eigenvalue weighted by atomic mass is 16.6. The molecule has 0 aromatic rings. The molecule has 0 saturated carbocycles. The highest BCUT2D eigenvalue weighted by Crippen LogP contribution is 2.09. The summed E-state index contributed by atoms with van der Waals surface area (Å²) in [6, 6.07) is -1.86. The number of hydrogen-bond acceptors (Lipinski definition) is 6. The Morgan fingerprint density at radius 2 is 1.87 bits per heavy atom. The topological polar surface area (TPSA) is 126 Å². The van der Waals surface area contributed by atoms with Crippen LogP contribution in [0.1, 0.15) is 34.6 Å². The van der Waals surface area contributed by atoms with Crippen molar-refractivity contribution in [3.63, 3.8) is 0 Å². The van der Waals surface area contributed by atoms with Gasteiger partial charge in [-0.1, -0.05) is 13.8 Å². The lowest BCUT2D eigenvalue weighted by Crippen LogP contribution is -2.63. The molecule has 2 unspecified atom stereocenters. The van der Waals surface area contributed by atoms with Crippen LogP contribution in [0.15, 0.2) is 0 Å². The van der Waals surface area contributed by atoms with Gasteiger partial charge in [0.05, 0.1) is 0 Å². The zero-order valence-corrected chi connectivity index (χ0v) is 14.0. The summed E-state index contributed by atoms with van der Waals surface area (Å²) in [6.07, 6.45) is -0.725. The largest absolute Gasteiger partial charge is 0.444 e. The molecule has 1 aliphatic rings. The average molecular weight is 328 g/mol. The quantitative estimate of drug-likeness (QED) is 0.502. The van der Waals surface area contributed by atoms with Crippen molar-refractivity contribution in [2.75, 3.05) is 6.54 Å². The molecule has 0 aromatic carbocycles. The fourth-order valence-corrected chi connectivity index (χ4v) is 1.89.